The second-order valence-electron chi connectivity index (χ2n) is 2.89. The molecule has 0 amide bonds. The van der Waals surface area contributed by atoms with Crippen molar-refractivity contribution in [2.75, 3.05) is 14.2 Å². The summed E-state index contributed by atoms with van der Waals surface area (Å²) in [5.41, 5.74) is 4.07. The maximum Gasteiger partial charge on any atom is 0.129 e. The van der Waals surface area contributed by atoms with Gasteiger partial charge < -0.3 is 9.57 Å². The highest BCUT2D eigenvalue weighted by Crippen LogP contribution is 2.25. The smallest absolute Gasteiger partial charge is 0.129 e. The van der Waals surface area contributed by atoms with E-state index in [4.69, 9.17) is 9.57 Å². The Morgan fingerprint density at radius 1 is 1.36 bits per heavy atom. The summed E-state index contributed by atoms with van der Waals surface area (Å²) in [6, 6.07) is 3.09. The van der Waals surface area contributed by atoms with Crippen molar-refractivity contribution in [3.8, 4) is 5.75 Å². The van der Waals surface area contributed by atoms with Crippen molar-refractivity contribution in [2.45, 2.75) is 13.5 Å². The molecule has 0 saturated carbocycles. The zero-order valence-electron chi connectivity index (χ0n) is 8.56. The van der Waals surface area contributed by atoms with Crippen LogP contribution in [0.2, 0.25) is 0 Å². The summed E-state index contributed by atoms with van der Waals surface area (Å²) in [7, 11) is 3.06. The lowest BCUT2D eigenvalue weighted by atomic mass is 10.1. The third-order valence-electron chi connectivity index (χ3n) is 2.03. The standard InChI is InChI=1S/C10H14FNO2/c1-7-9(11)5-4-8(6-12-14-3)10(7)13-2/h4-5,12H,6H2,1-3H3. The average Bonchev–Trinajstić information content (AvgIpc) is 2.20. The molecule has 1 N–H and O–H groups in total. The summed E-state index contributed by atoms with van der Waals surface area (Å²) >= 11 is 0. The van der Waals surface area contributed by atoms with Gasteiger partial charge in [0, 0.05) is 17.7 Å². The monoisotopic (exact) mass is 199 g/mol. The van der Waals surface area contributed by atoms with Crippen LogP contribution in [0.25, 0.3) is 0 Å². The van der Waals surface area contributed by atoms with E-state index in [9.17, 15) is 4.39 Å². The van der Waals surface area contributed by atoms with Gasteiger partial charge in [0.25, 0.3) is 0 Å². The molecule has 0 radical (unpaired) electrons. The molecule has 1 aromatic carbocycles. The van der Waals surface area contributed by atoms with E-state index in [2.05, 4.69) is 5.48 Å². The molecule has 0 aliphatic rings. The summed E-state index contributed by atoms with van der Waals surface area (Å²) < 4.78 is 18.3. The molecule has 0 spiro atoms. The van der Waals surface area contributed by atoms with Crippen LogP contribution in [0.4, 0.5) is 4.39 Å². The molecule has 4 heteroatoms. The topological polar surface area (TPSA) is 30.5 Å². The van der Waals surface area contributed by atoms with E-state index in [1.165, 1.54) is 20.3 Å². The van der Waals surface area contributed by atoms with Crippen LogP contribution in [0, 0.1) is 12.7 Å². The van der Waals surface area contributed by atoms with Gasteiger partial charge >= 0.3 is 0 Å². The quantitative estimate of drug-likeness (QED) is 0.750. The molecule has 0 atom stereocenters. The second kappa shape index (κ2) is 4.93. The normalized spacial score (nSPS) is 10.3. The highest BCUT2D eigenvalue weighted by molar-refractivity contribution is 5.41. The van der Waals surface area contributed by atoms with Gasteiger partial charge in [-0.2, -0.15) is 5.48 Å². The number of benzene rings is 1. The summed E-state index contributed by atoms with van der Waals surface area (Å²) in [6.07, 6.45) is 0. The Hall–Kier alpha value is -1.13. The first-order valence-electron chi connectivity index (χ1n) is 4.28. The van der Waals surface area contributed by atoms with Crippen LogP contribution >= 0.6 is 0 Å². The van der Waals surface area contributed by atoms with Crippen LogP contribution in [0.3, 0.4) is 0 Å². The van der Waals surface area contributed by atoms with Gasteiger partial charge in [-0.05, 0) is 13.0 Å². The highest BCUT2D eigenvalue weighted by atomic mass is 19.1. The molecular formula is C10H14FNO2. The fourth-order valence-corrected chi connectivity index (χ4v) is 1.30. The van der Waals surface area contributed by atoms with E-state index in [0.717, 1.165) is 5.56 Å². The van der Waals surface area contributed by atoms with Gasteiger partial charge in [-0.1, -0.05) is 6.07 Å². The first-order valence-corrected chi connectivity index (χ1v) is 4.28. The number of hydrogen-bond donors (Lipinski definition) is 1. The van der Waals surface area contributed by atoms with E-state index in [1.807, 2.05) is 0 Å². The van der Waals surface area contributed by atoms with Gasteiger partial charge in [-0.3, -0.25) is 0 Å². The van der Waals surface area contributed by atoms with Crippen molar-refractivity contribution < 1.29 is 14.0 Å². The molecule has 0 aromatic heterocycles. The van der Waals surface area contributed by atoms with Gasteiger partial charge in [-0.25, -0.2) is 4.39 Å². The lowest BCUT2D eigenvalue weighted by Crippen LogP contribution is -2.12. The average molecular weight is 199 g/mol. The largest absolute Gasteiger partial charge is 0.496 e. The lowest BCUT2D eigenvalue weighted by Gasteiger charge is -2.11. The molecular weight excluding hydrogens is 185 g/mol. The highest BCUT2D eigenvalue weighted by Gasteiger charge is 2.09. The molecule has 0 saturated heterocycles. The Morgan fingerprint density at radius 2 is 2.07 bits per heavy atom. The number of hydroxylamine groups is 1. The van der Waals surface area contributed by atoms with Crippen molar-refractivity contribution in [3.05, 3.63) is 29.1 Å². The van der Waals surface area contributed by atoms with Gasteiger partial charge in [-0.15, -0.1) is 0 Å². The number of hydrogen-bond acceptors (Lipinski definition) is 3. The summed E-state index contributed by atoms with van der Waals surface area (Å²) in [6.45, 7) is 2.17. The van der Waals surface area contributed by atoms with Crippen molar-refractivity contribution in [1.82, 2.24) is 5.48 Å². The van der Waals surface area contributed by atoms with Gasteiger partial charge in [0.2, 0.25) is 0 Å². The van der Waals surface area contributed by atoms with E-state index < -0.39 is 0 Å². The Labute approximate surface area is 82.8 Å². The van der Waals surface area contributed by atoms with E-state index in [-0.39, 0.29) is 5.82 Å². The predicted molar refractivity (Wildman–Crippen MR) is 51.5 cm³/mol. The Bertz CT molecular complexity index is 315. The van der Waals surface area contributed by atoms with E-state index >= 15 is 0 Å². The Morgan fingerprint density at radius 3 is 2.64 bits per heavy atom. The molecule has 1 rings (SSSR count). The van der Waals surface area contributed by atoms with Gasteiger partial charge in [0.1, 0.15) is 11.6 Å². The van der Waals surface area contributed by atoms with Crippen molar-refractivity contribution in [1.29, 1.82) is 0 Å². The van der Waals surface area contributed by atoms with Gasteiger partial charge in [0.05, 0.1) is 14.2 Å². The van der Waals surface area contributed by atoms with Crippen LogP contribution in [0.5, 0.6) is 5.75 Å². The molecule has 0 heterocycles. The number of halogens is 1. The molecule has 78 valence electrons. The molecule has 0 bridgehead atoms. The molecule has 14 heavy (non-hydrogen) atoms. The molecule has 0 unspecified atom stereocenters. The molecule has 0 aliphatic heterocycles. The first-order chi connectivity index (χ1) is 6.70. The van der Waals surface area contributed by atoms with Crippen LogP contribution in [-0.2, 0) is 11.4 Å². The third kappa shape index (κ3) is 2.21. The second-order valence-corrected chi connectivity index (χ2v) is 2.89. The number of nitrogens with one attached hydrogen (secondary N) is 1. The van der Waals surface area contributed by atoms with Crippen LogP contribution in [0.15, 0.2) is 12.1 Å². The minimum Gasteiger partial charge on any atom is -0.496 e. The van der Waals surface area contributed by atoms with Crippen molar-refractivity contribution in [3.63, 3.8) is 0 Å². The Balaban J connectivity index is 2.98. The fraction of sp³-hybridized carbons (Fsp3) is 0.400. The van der Waals surface area contributed by atoms with Crippen LogP contribution in [0.1, 0.15) is 11.1 Å². The van der Waals surface area contributed by atoms with E-state index in [0.29, 0.717) is 17.9 Å². The Kier molecular flexibility index (Phi) is 3.85. The maximum absolute atomic E-state index is 13.1. The molecule has 0 aliphatic carbocycles. The van der Waals surface area contributed by atoms with Crippen LogP contribution in [-0.4, -0.2) is 14.2 Å². The molecule has 0 fully saturated rings. The fourth-order valence-electron chi connectivity index (χ4n) is 1.30. The maximum atomic E-state index is 13.1. The van der Waals surface area contributed by atoms with Gasteiger partial charge in [0.15, 0.2) is 0 Å². The van der Waals surface area contributed by atoms with Crippen LogP contribution < -0.4 is 10.2 Å². The zero-order chi connectivity index (χ0) is 10.6. The van der Waals surface area contributed by atoms with Crippen molar-refractivity contribution in [2.24, 2.45) is 0 Å². The summed E-state index contributed by atoms with van der Waals surface area (Å²) in [4.78, 5) is 4.72. The summed E-state index contributed by atoms with van der Waals surface area (Å²) in [5, 5.41) is 0. The zero-order valence-corrected chi connectivity index (χ0v) is 8.56. The number of methoxy groups -OCH3 is 1. The molecule has 1 aromatic rings. The van der Waals surface area contributed by atoms with E-state index in [1.54, 1.807) is 13.0 Å². The SMILES string of the molecule is CONCc1ccc(F)c(C)c1OC. The number of ether oxygens (including phenoxy) is 1. The predicted octanol–water partition coefficient (Wildman–Crippen LogP) is 1.79. The first kappa shape index (κ1) is 10.9. The molecule has 3 nitrogen and oxygen atoms in total. The third-order valence-corrected chi connectivity index (χ3v) is 2.03. The number of rotatable bonds is 4. The lowest BCUT2D eigenvalue weighted by molar-refractivity contribution is 0.0861. The summed E-state index contributed by atoms with van der Waals surface area (Å²) in [5.74, 6) is 0.303. The minimum atomic E-state index is -0.261. The minimum absolute atomic E-state index is 0.261. The van der Waals surface area contributed by atoms with Crippen molar-refractivity contribution >= 4 is 0 Å².